The predicted molar refractivity (Wildman–Crippen MR) is 73.2 cm³/mol. The van der Waals surface area contributed by atoms with Crippen molar-refractivity contribution < 1.29 is 9.84 Å². The molecule has 2 nitrogen and oxygen atoms in total. The third kappa shape index (κ3) is 1.25. The van der Waals surface area contributed by atoms with Gasteiger partial charge >= 0.3 is 0 Å². The molecule has 0 amide bonds. The zero-order chi connectivity index (χ0) is 12.9. The Morgan fingerprint density at radius 3 is 2.37 bits per heavy atom. The third-order valence-corrected chi connectivity index (χ3v) is 4.84. The van der Waals surface area contributed by atoms with E-state index >= 15 is 0 Å². The van der Waals surface area contributed by atoms with Gasteiger partial charge in [0.15, 0.2) is 0 Å². The molecule has 2 atom stereocenters. The van der Waals surface area contributed by atoms with Gasteiger partial charge in [0.25, 0.3) is 0 Å². The minimum Gasteiger partial charge on any atom is -0.492 e. The molecular formula is C17H16O2. The van der Waals surface area contributed by atoms with Gasteiger partial charge in [-0.15, -0.1) is 0 Å². The van der Waals surface area contributed by atoms with Crippen LogP contribution in [-0.4, -0.2) is 11.7 Å². The Morgan fingerprint density at radius 1 is 0.895 bits per heavy atom. The second-order valence-electron chi connectivity index (χ2n) is 5.59. The van der Waals surface area contributed by atoms with Gasteiger partial charge in [-0.2, -0.15) is 0 Å². The van der Waals surface area contributed by atoms with Crippen LogP contribution in [0.2, 0.25) is 0 Å². The van der Waals surface area contributed by atoms with Crippen LogP contribution >= 0.6 is 0 Å². The van der Waals surface area contributed by atoms with E-state index in [2.05, 4.69) is 12.1 Å². The van der Waals surface area contributed by atoms with Crippen molar-refractivity contribution in [3.63, 3.8) is 0 Å². The molecule has 0 aromatic heterocycles. The van der Waals surface area contributed by atoms with Crippen LogP contribution in [0.3, 0.4) is 0 Å². The molecule has 1 aliphatic heterocycles. The Hall–Kier alpha value is -1.80. The van der Waals surface area contributed by atoms with Gasteiger partial charge in [0, 0.05) is 5.56 Å². The van der Waals surface area contributed by atoms with Crippen molar-refractivity contribution in [1.29, 1.82) is 0 Å². The Morgan fingerprint density at radius 2 is 1.63 bits per heavy atom. The SMILES string of the molecule is OC12CCC1(c1ccccc1)COc1ccccc12. The van der Waals surface area contributed by atoms with Crippen LogP contribution in [0.15, 0.2) is 54.6 Å². The minimum absolute atomic E-state index is 0.275. The Balaban J connectivity index is 1.90. The van der Waals surface area contributed by atoms with Gasteiger partial charge in [0.05, 0.1) is 5.41 Å². The summed E-state index contributed by atoms with van der Waals surface area (Å²) in [4.78, 5) is 0. The van der Waals surface area contributed by atoms with Crippen molar-refractivity contribution in [2.75, 3.05) is 6.61 Å². The topological polar surface area (TPSA) is 29.5 Å². The van der Waals surface area contributed by atoms with E-state index in [1.807, 2.05) is 42.5 Å². The second-order valence-corrected chi connectivity index (χ2v) is 5.59. The number of benzene rings is 2. The van der Waals surface area contributed by atoms with Crippen LogP contribution in [-0.2, 0) is 11.0 Å². The molecule has 1 saturated carbocycles. The Labute approximate surface area is 112 Å². The second kappa shape index (κ2) is 3.61. The number of hydrogen-bond acceptors (Lipinski definition) is 2. The number of aliphatic hydroxyl groups is 1. The summed E-state index contributed by atoms with van der Waals surface area (Å²) in [5.74, 6) is 0.830. The fourth-order valence-corrected chi connectivity index (χ4v) is 3.61. The average Bonchev–Trinajstić information content (AvgIpc) is 2.46. The quantitative estimate of drug-likeness (QED) is 0.845. The van der Waals surface area contributed by atoms with E-state index in [1.165, 1.54) is 5.56 Å². The first-order valence-electron chi connectivity index (χ1n) is 6.77. The van der Waals surface area contributed by atoms with Crippen molar-refractivity contribution in [1.82, 2.24) is 0 Å². The molecule has 2 unspecified atom stereocenters. The lowest BCUT2D eigenvalue weighted by Gasteiger charge is -2.59. The summed E-state index contributed by atoms with van der Waals surface area (Å²) in [6, 6.07) is 18.1. The molecule has 2 aromatic carbocycles. The monoisotopic (exact) mass is 252 g/mol. The maximum Gasteiger partial charge on any atom is 0.125 e. The van der Waals surface area contributed by atoms with Gasteiger partial charge < -0.3 is 9.84 Å². The summed E-state index contributed by atoms with van der Waals surface area (Å²) < 4.78 is 5.92. The molecule has 96 valence electrons. The van der Waals surface area contributed by atoms with Gasteiger partial charge in [-0.1, -0.05) is 48.5 Å². The molecule has 0 saturated heterocycles. The molecule has 2 heteroatoms. The summed E-state index contributed by atoms with van der Waals surface area (Å²) >= 11 is 0. The lowest BCUT2D eigenvalue weighted by atomic mass is 9.51. The van der Waals surface area contributed by atoms with E-state index in [4.69, 9.17) is 4.74 Å². The summed E-state index contributed by atoms with van der Waals surface area (Å²) in [5, 5.41) is 11.2. The smallest absolute Gasteiger partial charge is 0.125 e. The first kappa shape index (κ1) is 11.1. The van der Waals surface area contributed by atoms with E-state index in [9.17, 15) is 5.11 Å². The van der Waals surface area contributed by atoms with Crippen molar-refractivity contribution in [2.24, 2.45) is 0 Å². The number of rotatable bonds is 1. The van der Waals surface area contributed by atoms with Crippen molar-refractivity contribution >= 4 is 0 Å². The van der Waals surface area contributed by atoms with E-state index in [1.54, 1.807) is 0 Å². The normalized spacial score (nSPS) is 31.6. The van der Waals surface area contributed by atoms with E-state index < -0.39 is 5.60 Å². The van der Waals surface area contributed by atoms with Crippen molar-refractivity contribution in [2.45, 2.75) is 23.9 Å². The van der Waals surface area contributed by atoms with Gasteiger partial charge in [-0.3, -0.25) is 0 Å². The molecule has 1 N–H and O–H groups in total. The first-order chi connectivity index (χ1) is 9.26. The summed E-state index contributed by atoms with van der Waals surface area (Å²) in [6.45, 7) is 0.560. The summed E-state index contributed by atoms with van der Waals surface area (Å²) in [7, 11) is 0. The van der Waals surface area contributed by atoms with Gasteiger partial charge in [0.1, 0.15) is 18.0 Å². The number of para-hydroxylation sites is 1. The molecular weight excluding hydrogens is 236 g/mol. The lowest BCUT2D eigenvalue weighted by Crippen LogP contribution is -2.63. The van der Waals surface area contributed by atoms with Crippen LogP contribution in [0.25, 0.3) is 0 Å². The summed E-state index contributed by atoms with van der Waals surface area (Å²) in [5.41, 5.74) is 1.07. The Kier molecular flexibility index (Phi) is 2.10. The Bertz CT molecular complexity index is 622. The highest BCUT2D eigenvalue weighted by atomic mass is 16.5. The van der Waals surface area contributed by atoms with E-state index in [-0.39, 0.29) is 5.41 Å². The molecule has 1 fully saturated rings. The maximum absolute atomic E-state index is 11.2. The van der Waals surface area contributed by atoms with Crippen LogP contribution in [0.1, 0.15) is 24.0 Å². The zero-order valence-corrected chi connectivity index (χ0v) is 10.7. The highest BCUT2D eigenvalue weighted by molar-refractivity contribution is 5.49. The zero-order valence-electron chi connectivity index (χ0n) is 10.7. The largest absolute Gasteiger partial charge is 0.492 e. The molecule has 2 aromatic rings. The predicted octanol–water partition coefficient (Wildman–Crippen LogP) is 3.00. The molecule has 0 radical (unpaired) electrons. The molecule has 1 aliphatic carbocycles. The number of ether oxygens (including phenoxy) is 1. The van der Waals surface area contributed by atoms with Gasteiger partial charge in [-0.25, -0.2) is 0 Å². The fraction of sp³-hybridized carbons (Fsp3) is 0.294. The standard InChI is InChI=1S/C17H16O2/c18-17-11-10-16(17,13-6-2-1-3-7-13)12-19-15-9-5-4-8-14(15)17/h1-9,18H,10-12H2. The molecule has 4 rings (SSSR count). The van der Waals surface area contributed by atoms with Crippen molar-refractivity contribution in [3.8, 4) is 5.75 Å². The van der Waals surface area contributed by atoms with Crippen LogP contribution < -0.4 is 4.74 Å². The molecule has 0 spiro atoms. The molecule has 2 aliphatic rings. The lowest BCUT2D eigenvalue weighted by molar-refractivity contribution is -0.156. The van der Waals surface area contributed by atoms with Crippen LogP contribution in [0.4, 0.5) is 0 Å². The van der Waals surface area contributed by atoms with E-state index in [0.29, 0.717) is 6.61 Å². The molecule has 19 heavy (non-hydrogen) atoms. The highest BCUT2D eigenvalue weighted by Gasteiger charge is 2.63. The van der Waals surface area contributed by atoms with Crippen LogP contribution in [0.5, 0.6) is 5.75 Å². The van der Waals surface area contributed by atoms with E-state index in [0.717, 1.165) is 24.2 Å². The van der Waals surface area contributed by atoms with Crippen LogP contribution in [0, 0.1) is 0 Å². The molecule has 1 heterocycles. The number of hydrogen-bond donors (Lipinski definition) is 1. The minimum atomic E-state index is -0.775. The van der Waals surface area contributed by atoms with Gasteiger partial charge in [0.2, 0.25) is 0 Å². The van der Waals surface area contributed by atoms with Gasteiger partial charge in [-0.05, 0) is 24.5 Å². The highest BCUT2D eigenvalue weighted by Crippen LogP contribution is 2.61. The third-order valence-electron chi connectivity index (χ3n) is 4.84. The number of fused-ring (bicyclic) bond motifs is 3. The molecule has 0 bridgehead atoms. The maximum atomic E-state index is 11.2. The summed E-state index contributed by atoms with van der Waals surface area (Å²) in [6.07, 6.45) is 1.78. The average molecular weight is 252 g/mol. The van der Waals surface area contributed by atoms with Crippen molar-refractivity contribution in [3.05, 3.63) is 65.7 Å². The first-order valence-corrected chi connectivity index (χ1v) is 6.77. The fourth-order valence-electron chi connectivity index (χ4n) is 3.61.